The minimum atomic E-state index is -0.564. The minimum absolute atomic E-state index is 0.0609. The Morgan fingerprint density at radius 3 is 2.94 bits per heavy atom. The van der Waals surface area contributed by atoms with Crippen molar-refractivity contribution in [2.75, 3.05) is 13.1 Å². The Balaban J connectivity index is 2.16. The summed E-state index contributed by atoms with van der Waals surface area (Å²) in [5, 5.41) is -0.105. The highest BCUT2D eigenvalue weighted by Crippen LogP contribution is 2.25. The van der Waals surface area contributed by atoms with Crippen LogP contribution in [0.25, 0.3) is 0 Å². The molecule has 1 aromatic rings. The molecule has 2 N–H and O–H groups in total. The molecule has 18 heavy (non-hydrogen) atoms. The van der Waals surface area contributed by atoms with E-state index in [-0.39, 0.29) is 22.5 Å². The maximum absolute atomic E-state index is 13.3. The number of nitrogens with two attached hydrogens (primary N) is 1. The Bertz CT molecular complexity index is 464. The fourth-order valence-electron chi connectivity index (χ4n) is 2.24. The number of carbonyl (C=O) groups is 1. The molecule has 5 heteroatoms. The minimum Gasteiger partial charge on any atom is -0.338 e. The molecule has 1 aliphatic heterocycles. The van der Waals surface area contributed by atoms with Gasteiger partial charge in [-0.1, -0.05) is 17.7 Å². The van der Waals surface area contributed by atoms with Crippen LogP contribution in [0.1, 0.15) is 23.7 Å². The third-order valence-corrected chi connectivity index (χ3v) is 3.82. The molecule has 2 rings (SSSR count). The van der Waals surface area contributed by atoms with E-state index < -0.39 is 5.82 Å². The van der Waals surface area contributed by atoms with Crippen LogP contribution in [-0.4, -0.2) is 29.9 Å². The predicted molar refractivity (Wildman–Crippen MR) is 69.1 cm³/mol. The number of amides is 1. The van der Waals surface area contributed by atoms with E-state index in [0.717, 1.165) is 6.42 Å². The molecule has 1 aromatic carbocycles. The van der Waals surface area contributed by atoms with E-state index in [0.29, 0.717) is 19.0 Å². The number of hydrogen-bond donors (Lipinski definition) is 1. The maximum atomic E-state index is 13.3. The van der Waals surface area contributed by atoms with Gasteiger partial charge in [-0.3, -0.25) is 4.79 Å². The highest BCUT2D eigenvalue weighted by Gasteiger charge is 2.30. The first-order valence-corrected chi connectivity index (χ1v) is 6.37. The van der Waals surface area contributed by atoms with Crippen molar-refractivity contribution in [3.05, 3.63) is 34.6 Å². The number of likely N-dealkylation sites (tertiary alicyclic amines) is 1. The van der Waals surface area contributed by atoms with E-state index in [4.69, 9.17) is 17.3 Å². The summed E-state index contributed by atoms with van der Waals surface area (Å²) in [4.78, 5) is 13.9. The molecule has 0 radical (unpaired) electrons. The van der Waals surface area contributed by atoms with Crippen LogP contribution < -0.4 is 5.73 Å². The van der Waals surface area contributed by atoms with Crippen LogP contribution in [0.3, 0.4) is 0 Å². The normalized spacial score (nSPS) is 21.1. The molecule has 1 aliphatic rings. The molecule has 2 atom stereocenters. The Morgan fingerprint density at radius 2 is 2.33 bits per heavy atom. The number of hydrogen-bond acceptors (Lipinski definition) is 2. The summed E-state index contributed by atoms with van der Waals surface area (Å²) in [6.45, 7) is 3.20. The summed E-state index contributed by atoms with van der Waals surface area (Å²) in [6.07, 6.45) is 0.885. The van der Waals surface area contributed by atoms with Crippen molar-refractivity contribution >= 4 is 17.5 Å². The van der Waals surface area contributed by atoms with Crippen molar-refractivity contribution in [3.63, 3.8) is 0 Å². The van der Waals surface area contributed by atoms with E-state index in [1.54, 1.807) is 11.0 Å². The molecule has 0 spiro atoms. The highest BCUT2D eigenvalue weighted by molar-refractivity contribution is 6.34. The summed E-state index contributed by atoms with van der Waals surface area (Å²) in [7, 11) is 0. The van der Waals surface area contributed by atoms with E-state index in [2.05, 4.69) is 0 Å². The number of nitrogens with zero attached hydrogens (tertiary/aromatic N) is 1. The van der Waals surface area contributed by atoms with Gasteiger partial charge >= 0.3 is 0 Å². The molecule has 1 fully saturated rings. The number of halogens is 2. The molecule has 1 saturated heterocycles. The third kappa shape index (κ3) is 2.49. The van der Waals surface area contributed by atoms with E-state index in [9.17, 15) is 9.18 Å². The zero-order chi connectivity index (χ0) is 13.3. The molecule has 98 valence electrons. The van der Waals surface area contributed by atoms with Crippen molar-refractivity contribution in [2.24, 2.45) is 11.7 Å². The van der Waals surface area contributed by atoms with Gasteiger partial charge < -0.3 is 10.6 Å². The Hall–Kier alpha value is -1.13. The summed E-state index contributed by atoms with van der Waals surface area (Å²) >= 11 is 5.82. The Morgan fingerprint density at radius 1 is 1.61 bits per heavy atom. The first kappa shape index (κ1) is 13.3. The maximum Gasteiger partial charge on any atom is 0.255 e. The lowest BCUT2D eigenvalue weighted by Crippen LogP contribution is -2.33. The van der Waals surface area contributed by atoms with E-state index in [1.165, 1.54) is 12.1 Å². The van der Waals surface area contributed by atoms with Crippen molar-refractivity contribution in [1.29, 1.82) is 0 Å². The second kappa shape index (κ2) is 5.24. The lowest BCUT2D eigenvalue weighted by molar-refractivity contribution is 0.0785. The zero-order valence-corrected chi connectivity index (χ0v) is 11.0. The quantitative estimate of drug-likeness (QED) is 0.896. The second-order valence-electron chi connectivity index (χ2n) is 4.76. The van der Waals surface area contributed by atoms with Gasteiger partial charge in [0.1, 0.15) is 5.82 Å². The Labute approximate surface area is 111 Å². The molecule has 0 aliphatic carbocycles. The van der Waals surface area contributed by atoms with Gasteiger partial charge in [-0.05, 0) is 31.4 Å². The SMILES string of the molecule is CC(N)C1CCN(C(=O)c2cccc(F)c2Cl)C1. The third-order valence-electron chi connectivity index (χ3n) is 3.44. The molecule has 0 saturated carbocycles. The van der Waals surface area contributed by atoms with E-state index >= 15 is 0 Å². The van der Waals surface area contributed by atoms with Gasteiger partial charge in [0.15, 0.2) is 0 Å². The van der Waals surface area contributed by atoms with Crippen LogP contribution >= 0.6 is 11.6 Å². The van der Waals surface area contributed by atoms with Crippen LogP contribution in [0.15, 0.2) is 18.2 Å². The van der Waals surface area contributed by atoms with Gasteiger partial charge in [-0.15, -0.1) is 0 Å². The standard InChI is InChI=1S/C13H16ClFN2O/c1-8(16)9-5-6-17(7-9)13(18)10-3-2-4-11(15)12(10)14/h2-4,8-9H,5-7,16H2,1H3. The van der Waals surface area contributed by atoms with Gasteiger partial charge in [-0.25, -0.2) is 4.39 Å². The average molecular weight is 271 g/mol. The first-order valence-electron chi connectivity index (χ1n) is 5.99. The Kier molecular flexibility index (Phi) is 3.88. The van der Waals surface area contributed by atoms with E-state index in [1.807, 2.05) is 6.92 Å². The molecule has 2 unspecified atom stereocenters. The lowest BCUT2D eigenvalue weighted by atomic mass is 10.0. The summed E-state index contributed by atoms with van der Waals surface area (Å²) in [5.74, 6) is -0.477. The molecular weight excluding hydrogens is 255 g/mol. The topological polar surface area (TPSA) is 46.3 Å². The van der Waals surface area contributed by atoms with Crippen LogP contribution in [0.2, 0.25) is 5.02 Å². The van der Waals surface area contributed by atoms with Crippen LogP contribution in [-0.2, 0) is 0 Å². The van der Waals surface area contributed by atoms with Crippen molar-refractivity contribution < 1.29 is 9.18 Å². The smallest absolute Gasteiger partial charge is 0.255 e. The zero-order valence-electron chi connectivity index (χ0n) is 10.2. The van der Waals surface area contributed by atoms with Gasteiger partial charge in [-0.2, -0.15) is 0 Å². The van der Waals surface area contributed by atoms with Crippen molar-refractivity contribution in [1.82, 2.24) is 4.90 Å². The molecular formula is C13H16ClFN2O. The average Bonchev–Trinajstić information content (AvgIpc) is 2.81. The van der Waals surface area contributed by atoms with Crippen LogP contribution in [0.5, 0.6) is 0 Å². The summed E-state index contributed by atoms with van der Waals surface area (Å²) < 4.78 is 13.3. The second-order valence-corrected chi connectivity index (χ2v) is 5.14. The van der Waals surface area contributed by atoms with Crippen molar-refractivity contribution in [3.8, 4) is 0 Å². The fraction of sp³-hybridized carbons (Fsp3) is 0.462. The van der Waals surface area contributed by atoms with Crippen LogP contribution in [0.4, 0.5) is 4.39 Å². The monoisotopic (exact) mass is 270 g/mol. The molecule has 3 nitrogen and oxygen atoms in total. The molecule has 0 aromatic heterocycles. The van der Waals surface area contributed by atoms with Crippen molar-refractivity contribution in [2.45, 2.75) is 19.4 Å². The number of carbonyl (C=O) groups excluding carboxylic acids is 1. The lowest BCUT2D eigenvalue weighted by Gasteiger charge is -2.18. The highest BCUT2D eigenvalue weighted by atomic mass is 35.5. The number of rotatable bonds is 2. The summed E-state index contributed by atoms with van der Waals surface area (Å²) in [6, 6.07) is 4.35. The van der Waals surface area contributed by atoms with Gasteiger partial charge in [0.05, 0.1) is 10.6 Å². The largest absolute Gasteiger partial charge is 0.338 e. The van der Waals surface area contributed by atoms with Gasteiger partial charge in [0.2, 0.25) is 0 Å². The number of benzene rings is 1. The van der Waals surface area contributed by atoms with Crippen LogP contribution in [0, 0.1) is 11.7 Å². The fourth-order valence-corrected chi connectivity index (χ4v) is 2.45. The van der Waals surface area contributed by atoms with Gasteiger partial charge in [0.25, 0.3) is 5.91 Å². The molecule has 0 bridgehead atoms. The predicted octanol–water partition coefficient (Wildman–Crippen LogP) is 2.29. The van der Waals surface area contributed by atoms with Gasteiger partial charge in [0, 0.05) is 19.1 Å². The molecule has 1 amide bonds. The summed E-state index contributed by atoms with van der Waals surface area (Å²) in [5.41, 5.74) is 6.05. The first-order chi connectivity index (χ1) is 8.50. The molecule has 1 heterocycles.